The van der Waals surface area contributed by atoms with Gasteiger partial charge in [0, 0.05) is 12.4 Å². The summed E-state index contributed by atoms with van der Waals surface area (Å²) in [5, 5.41) is 3.10. The summed E-state index contributed by atoms with van der Waals surface area (Å²) in [6.45, 7) is 1.95. The summed E-state index contributed by atoms with van der Waals surface area (Å²) in [6, 6.07) is 4.33. The molecule has 0 bridgehead atoms. The average molecular weight is 327 g/mol. The molecule has 1 aromatic heterocycles. The number of rotatable bonds is 3. The van der Waals surface area contributed by atoms with E-state index >= 15 is 0 Å². The first-order valence-corrected chi connectivity index (χ1v) is 6.56. The second kappa shape index (κ2) is 5.75. The van der Waals surface area contributed by atoms with Gasteiger partial charge in [-0.25, -0.2) is 8.78 Å². The van der Waals surface area contributed by atoms with Crippen LogP contribution in [-0.4, -0.2) is 12.0 Å². The largest absolute Gasteiger partial charge is 0.309 e. The van der Waals surface area contributed by atoms with Crippen molar-refractivity contribution in [3.05, 3.63) is 63.4 Å². The first-order valence-electron chi connectivity index (χ1n) is 5.77. The van der Waals surface area contributed by atoms with Crippen molar-refractivity contribution in [2.45, 2.75) is 13.0 Å². The van der Waals surface area contributed by atoms with Crippen molar-refractivity contribution >= 4 is 15.9 Å². The van der Waals surface area contributed by atoms with E-state index in [9.17, 15) is 8.78 Å². The predicted molar refractivity (Wildman–Crippen MR) is 73.9 cm³/mol. The Morgan fingerprint density at radius 3 is 2.58 bits per heavy atom. The van der Waals surface area contributed by atoms with Gasteiger partial charge in [0.1, 0.15) is 0 Å². The van der Waals surface area contributed by atoms with E-state index in [1.165, 1.54) is 0 Å². The molecule has 1 N–H and O–H groups in total. The van der Waals surface area contributed by atoms with Crippen LogP contribution in [0.25, 0.3) is 0 Å². The first-order chi connectivity index (χ1) is 9.06. The summed E-state index contributed by atoms with van der Waals surface area (Å²) >= 11 is 3.12. The second-order valence-corrected chi connectivity index (χ2v) is 5.01. The van der Waals surface area contributed by atoms with Crippen molar-refractivity contribution in [3.8, 4) is 0 Å². The Kier molecular flexibility index (Phi) is 4.27. The van der Waals surface area contributed by atoms with Gasteiger partial charge in [0.05, 0.1) is 10.5 Å². The predicted octanol–water partition coefficient (Wildman–Crippen LogP) is 3.74. The van der Waals surface area contributed by atoms with Gasteiger partial charge in [0.2, 0.25) is 0 Å². The van der Waals surface area contributed by atoms with Gasteiger partial charge < -0.3 is 5.32 Å². The van der Waals surface area contributed by atoms with E-state index in [0.29, 0.717) is 5.56 Å². The summed E-state index contributed by atoms with van der Waals surface area (Å²) < 4.78 is 26.9. The molecule has 0 aliphatic carbocycles. The minimum absolute atomic E-state index is 0.134. The molecule has 1 atom stereocenters. The quantitative estimate of drug-likeness (QED) is 0.869. The lowest BCUT2D eigenvalue weighted by Crippen LogP contribution is -2.20. The lowest BCUT2D eigenvalue weighted by atomic mass is 9.97. The zero-order valence-electron chi connectivity index (χ0n) is 10.5. The molecule has 0 fully saturated rings. The maximum absolute atomic E-state index is 13.6. The molecule has 1 aromatic carbocycles. The van der Waals surface area contributed by atoms with Crippen LogP contribution in [0.15, 0.2) is 35.1 Å². The molecule has 0 spiro atoms. The van der Waals surface area contributed by atoms with E-state index in [1.54, 1.807) is 25.5 Å². The topological polar surface area (TPSA) is 24.9 Å². The number of pyridine rings is 1. The monoisotopic (exact) mass is 326 g/mol. The third-order valence-electron chi connectivity index (χ3n) is 3.06. The number of benzene rings is 1. The zero-order chi connectivity index (χ0) is 14.0. The summed E-state index contributed by atoms with van der Waals surface area (Å²) in [6.07, 6.45) is 3.43. The Hall–Kier alpha value is -1.33. The zero-order valence-corrected chi connectivity index (χ0v) is 12.1. The molecule has 2 rings (SSSR count). The van der Waals surface area contributed by atoms with Crippen molar-refractivity contribution in [2.75, 3.05) is 7.05 Å². The van der Waals surface area contributed by atoms with E-state index in [0.717, 1.165) is 17.2 Å². The van der Waals surface area contributed by atoms with Crippen molar-refractivity contribution in [1.29, 1.82) is 0 Å². The molecule has 1 heterocycles. The van der Waals surface area contributed by atoms with Gasteiger partial charge >= 0.3 is 0 Å². The molecule has 1 unspecified atom stereocenters. The number of halogens is 3. The van der Waals surface area contributed by atoms with Gasteiger partial charge in [0.25, 0.3) is 0 Å². The number of nitrogens with zero attached hydrogens (tertiary/aromatic N) is 1. The van der Waals surface area contributed by atoms with Gasteiger partial charge in [-0.2, -0.15) is 0 Å². The number of nitrogens with one attached hydrogen (secondary N) is 1. The third kappa shape index (κ3) is 2.67. The number of hydrogen-bond donors (Lipinski definition) is 1. The van der Waals surface area contributed by atoms with E-state index in [2.05, 4.69) is 26.2 Å². The lowest BCUT2D eigenvalue weighted by Gasteiger charge is -2.20. The first kappa shape index (κ1) is 14.1. The Labute approximate surface area is 119 Å². The molecule has 0 saturated heterocycles. The van der Waals surface area contributed by atoms with Crippen LogP contribution in [0, 0.1) is 18.6 Å². The van der Waals surface area contributed by atoms with Crippen LogP contribution in [0.5, 0.6) is 0 Å². The van der Waals surface area contributed by atoms with Gasteiger partial charge in [-0.05, 0) is 58.7 Å². The molecule has 0 radical (unpaired) electrons. The van der Waals surface area contributed by atoms with Crippen LogP contribution < -0.4 is 5.32 Å². The smallest absolute Gasteiger partial charge is 0.173 e. The fourth-order valence-electron chi connectivity index (χ4n) is 2.02. The van der Waals surface area contributed by atoms with Crippen LogP contribution in [0.1, 0.15) is 22.7 Å². The summed E-state index contributed by atoms with van der Waals surface area (Å²) in [4.78, 5) is 4.09. The highest BCUT2D eigenvalue weighted by Gasteiger charge is 2.20. The Bertz CT molecular complexity index is 602. The maximum atomic E-state index is 13.6. The van der Waals surface area contributed by atoms with Crippen molar-refractivity contribution < 1.29 is 8.78 Å². The SMILES string of the molecule is CNC(c1cnccc1C)c1ccc(F)c(F)c1Br. The van der Waals surface area contributed by atoms with E-state index in [1.807, 2.05) is 13.0 Å². The molecule has 0 aliphatic rings. The molecule has 19 heavy (non-hydrogen) atoms. The molecule has 0 amide bonds. The summed E-state index contributed by atoms with van der Waals surface area (Å²) in [5.41, 5.74) is 2.60. The summed E-state index contributed by atoms with van der Waals surface area (Å²) in [5.74, 6) is -1.74. The third-order valence-corrected chi connectivity index (χ3v) is 3.86. The number of aromatic nitrogens is 1. The Morgan fingerprint density at radius 1 is 1.21 bits per heavy atom. The standard InChI is InChI=1S/C14H13BrF2N2/c1-8-5-6-19-7-10(8)14(18-2)9-3-4-11(16)13(17)12(9)15/h3-7,14,18H,1-2H3. The lowest BCUT2D eigenvalue weighted by molar-refractivity contribution is 0.499. The fourth-order valence-corrected chi connectivity index (χ4v) is 2.57. The molecule has 0 aliphatic heterocycles. The second-order valence-electron chi connectivity index (χ2n) is 4.22. The normalized spacial score (nSPS) is 12.5. The molecular weight excluding hydrogens is 314 g/mol. The highest BCUT2D eigenvalue weighted by atomic mass is 79.9. The van der Waals surface area contributed by atoms with Crippen LogP contribution in [-0.2, 0) is 0 Å². The van der Waals surface area contributed by atoms with Gasteiger partial charge in [-0.3, -0.25) is 4.98 Å². The Morgan fingerprint density at radius 2 is 1.95 bits per heavy atom. The van der Waals surface area contributed by atoms with Crippen molar-refractivity contribution in [1.82, 2.24) is 10.3 Å². The molecule has 5 heteroatoms. The number of aryl methyl sites for hydroxylation is 1. The highest BCUT2D eigenvalue weighted by molar-refractivity contribution is 9.10. The van der Waals surface area contributed by atoms with Crippen molar-refractivity contribution in [2.24, 2.45) is 0 Å². The molecule has 0 saturated carbocycles. The molecular formula is C14H13BrF2N2. The van der Waals surface area contributed by atoms with Crippen LogP contribution in [0.4, 0.5) is 8.78 Å². The van der Waals surface area contributed by atoms with Gasteiger partial charge in [-0.1, -0.05) is 6.07 Å². The molecule has 100 valence electrons. The highest BCUT2D eigenvalue weighted by Crippen LogP contribution is 2.32. The maximum Gasteiger partial charge on any atom is 0.173 e. The average Bonchev–Trinajstić information content (AvgIpc) is 2.41. The Balaban J connectivity index is 2.55. The van der Waals surface area contributed by atoms with E-state index in [-0.39, 0.29) is 10.5 Å². The number of hydrogen-bond acceptors (Lipinski definition) is 2. The minimum Gasteiger partial charge on any atom is -0.309 e. The van der Waals surface area contributed by atoms with Crippen molar-refractivity contribution in [3.63, 3.8) is 0 Å². The van der Waals surface area contributed by atoms with Crippen LogP contribution >= 0.6 is 15.9 Å². The van der Waals surface area contributed by atoms with Crippen LogP contribution in [0.3, 0.4) is 0 Å². The van der Waals surface area contributed by atoms with Gasteiger partial charge in [-0.15, -0.1) is 0 Å². The van der Waals surface area contributed by atoms with Gasteiger partial charge in [0.15, 0.2) is 11.6 Å². The molecule has 2 aromatic rings. The van der Waals surface area contributed by atoms with E-state index in [4.69, 9.17) is 0 Å². The van der Waals surface area contributed by atoms with Crippen LogP contribution in [0.2, 0.25) is 0 Å². The minimum atomic E-state index is -0.876. The fraction of sp³-hybridized carbons (Fsp3) is 0.214. The van der Waals surface area contributed by atoms with E-state index < -0.39 is 11.6 Å². The summed E-state index contributed by atoms with van der Waals surface area (Å²) in [7, 11) is 1.77. The molecule has 2 nitrogen and oxygen atoms in total.